The van der Waals surface area contributed by atoms with Gasteiger partial charge in [-0.15, -0.1) is 11.8 Å². The Balaban J connectivity index is 1.79. The number of carbonyl (C=O) groups is 1. The zero-order valence-electron chi connectivity index (χ0n) is 16.6. The predicted molar refractivity (Wildman–Crippen MR) is 109 cm³/mol. The van der Waals surface area contributed by atoms with Crippen LogP contribution in [0.15, 0.2) is 39.6 Å². The maximum atomic E-state index is 11.5. The molecule has 0 amide bonds. The SMILES string of the molecule is CCCC(=O)Oc1ccc(C#Cc2ccc3c(c2)C(C)(C)CC(C)(C)S3)o1. The molecule has 3 rings (SSSR count). The number of rotatable bonds is 3. The van der Waals surface area contributed by atoms with Crippen molar-refractivity contribution in [3.63, 3.8) is 0 Å². The van der Waals surface area contributed by atoms with Crippen molar-refractivity contribution in [1.29, 1.82) is 0 Å². The van der Waals surface area contributed by atoms with Crippen LogP contribution in [0.2, 0.25) is 0 Å². The lowest BCUT2D eigenvalue weighted by Crippen LogP contribution is -2.33. The number of ether oxygens (including phenoxy) is 1. The number of furan rings is 1. The van der Waals surface area contributed by atoms with Crippen LogP contribution in [0.25, 0.3) is 0 Å². The minimum absolute atomic E-state index is 0.118. The largest absolute Gasteiger partial charge is 0.417 e. The summed E-state index contributed by atoms with van der Waals surface area (Å²) >= 11 is 1.94. The fraction of sp³-hybridized carbons (Fsp3) is 0.435. The average molecular weight is 383 g/mol. The van der Waals surface area contributed by atoms with Gasteiger partial charge in [-0.05, 0) is 54.0 Å². The van der Waals surface area contributed by atoms with Crippen LogP contribution in [0.3, 0.4) is 0 Å². The van der Waals surface area contributed by atoms with Gasteiger partial charge in [-0.1, -0.05) is 40.5 Å². The Morgan fingerprint density at radius 1 is 1.19 bits per heavy atom. The Morgan fingerprint density at radius 3 is 2.70 bits per heavy atom. The van der Waals surface area contributed by atoms with E-state index in [2.05, 4.69) is 57.7 Å². The summed E-state index contributed by atoms with van der Waals surface area (Å²) in [5.74, 6) is 6.59. The molecule has 0 unspecified atom stereocenters. The Hall–Kier alpha value is -2.12. The van der Waals surface area contributed by atoms with Crippen LogP contribution in [-0.4, -0.2) is 10.7 Å². The third-order valence-electron chi connectivity index (χ3n) is 4.54. The smallest absolute Gasteiger partial charge is 0.313 e. The number of hydrogen-bond acceptors (Lipinski definition) is 4. The summed E-state index contributed by atoms with van der Waals surface area (Å²) in [6.45, 7) is 11.1. The Kier molecular flexibility index (Phi) is 5.44. The Morgan fingerprint density at radius 2 is 1.96 bits per heavy atom. The zero-order chi connectivity index (χ0) is 19.7. The summed E-state index contributed by atoms with van der Waals surface area (Å²) in [5.41, 5.74) is 2.43. The molecule has 2 heterocycles. The first-order valence-electron chi connectivity index (χ1n) is 9.35. The zero-order valence-corrected chi connectivity index (χ0v) is 17.5. The molecule has 27 heavy (non-hydrogen) atoms. The van der Waals surface area contributed by atoms with E-state index in [1.807, 2.05) is 18.7 Å². The van der Waals surface area contributed by atoms with E-state index in [4.69, 9.17) is 9.15 Å². The van der Waals surface area contributed by atoms with Crippen molar-refractivity contribution in [3.05, 3.63) is 47.2 Å². The van der Waals surface area contributed by atoms with Gasteiger partial charge in [-0.25, -0.2) is 0 Å². The van der Waals surface area contributed by atoms with Crippen LogP contribution < -0.4 is 4.74 Å². The predicted octanol–water partition coefficient (Wildman–Crippen LogP) is 5.94. The summed E-state index contributed by atoms with van der Waals surface area (Å²) in [5, 5.41) is 0. The second kappa shape index (κ2) is 7.48. The third-order valence-corrected chi connectivity index (χ3v) is 5.82. The van der Waals surface area contributed by atoms with Crippen molar-refractivity contribution in [2.45, 2.75) is 68.9 Å². The molecule has 3 nitrogen and oxygen atoms in total. The molecule has 0 radical (unpaired) electrons. The van der Waals surface area contributed by atoms with Crippen molar-refractivity contribution < 1.29 is 13.9 Å². The summed E-state index contributed by atoms with van der Waals surface area (Å²) < 4.78 is 10.9. The van der Waals surface area contributed by atoms with Crippen molar-refractivity contribution in [3.8, 4) is 17.8 Å². The van der Waals surface area contributed by atoms with Gasteiger partial charge in [0.2, 0.25) is 0 Å². The fourth-order valence-corrected chi connectivity index (χ4v) is 5.27. The number of carbonyl (C=O) groups excluding carboxylic acids is 1. The summed E-state index contributed by atoms with van der Waals surface area (Å²) in [7, 11) is 0. The number of thioether (sulfide) groups is 1. The minimum Gasteiger partial charge on any atom is -0.417 e. The summed E-state index contributed by atoms with van der Waals surface area (Å²) in [6, 6.07) is 9.78. The first-order valence-corrected chi connectivity index (χ1v) is 10.2. The highest BCUT2D eigenvalue weighted by atomic mass is 32.2. The normalized spacial score (nSPS) is 16.8. The fourth-order valence-electron chi connectivity index (χ4n) is 3.66. The molecule has 0 atom stereocenters. The molecule has 2 aromatic rings. The molecule has 1 aliphatic heterocycles. The van der Waals surface area contributed by atoms with Gasteiger partial charge in [0, 0.05) is 27.7 Å². The Labute approximate surface area is 165 Å². The number of fused-ring (bicyclic) bond motifs is 1. The van der Waals surface area contributed by atoms with Crippen LogP contribution in [-0.2, 0) is 10.2 Å². The lowest BCUT2D eigenvalue weighted by Gasteiger charge is -2.41. The van der Waals surface area contributed by atoms with Gasteiger partial charge in [-0.2, -0.15) is 0 Å². The van der Waals surface area contributed by atoms with Crippen LogP contribution in [0, 0.1) is 11.8 Å². The molecule has 0 fully saturated rings. The molecule has 1 aromatic carbocycles. The Bertz CT molecular complexity index is 909. The molecule has 142 valence electrons. The molecule has 0 saturated carbocycles. The molecule has 0 spiro atoms. The van der Waals surface area contributed by atoms with E-state index in [9.17, 15) is 4.79 Å². The second-order valence-electron chi connectivity index (χ2n) is 8.23. The van der Waals surface area contributed by atoms with E-state index in [0.29, 0.717) is 12.2 Å². The van der Waals surface area contributed by atoms with Crippen molar-refractivity contribution in [2.24, 2.45) is 0 Å². The molecular formula is C23H26O3S. The quantitative estimate of drug-likeness (QED) is 0.487. The van der Waals surface area contributed by atoms with Gasteiger partial charge >= 0.3 is 5.97 Å². The molecule has 4 heteroatoms. The molecule has 1 aromatic heterocycles. The maximum absolute atomic E-state index is 11.5. The van der Waals surface area contributed by atoms with Crippen molar-refractivity contribution in [2.75, 3.05) is 0 Å². The third kappa shape index (κ3) is 4.78. The van der Waals surface area contributed by atoms with Gasteiger partial charge in [0.1, 0.15) is 0 Å². The summed E-state index contributed by atoms with van der Waals surface area (Å²) in [4.78, 5) is 12.9. The maximum Gasteiger partial charge on any atom is 0.313 e. The average Bonchev–Trinajstić information content (AvgIpc) is 2.99. The highest BCUT2D eigenvalue weighted by molar-refractivity contribution is 8.00. The standard InChI is InChI=1S/C23H26O3S/c1-6-7-20(24)26-21-13-11-17(25-21)10-8-16-9-12-19-18(14-16)22(2,3)15-23(4,5)27-19/h9,11-14H,6-7,15H2,1-5H3. The monoisotopic (exact) mass is 382 g/mol. The second-order valence-corrected chi connectivity index (χ2v) is 9.98. The van der Waals surface area contributed by atoms with Gasteiger partial charge in [-0.3, -0.25) is 4.79 Å². The summed E-state index contributed by atoms with van der Waals surface area (Å²) in [6.07, 6.45) is 2.25. The lowest BCUT2D eigenvalue weighted by atomic mass is 9.76. The van der Waals surface area contributed by atoms with Gasteiger partial charge in [0.05, 0.1) is 0 Å². The van der Waals surface area contributed by atoms with Gasteiger partial charge in [0.15, 0.2) is 5.76 Å². The number of benzene rings is 1. The molecule has 1 aliphatic rings. The lowest BCUT2D eigenvalue weighted by molar-refractivity contribution is -0.135. The van der Waals surface area contributed by atoms with Gasteiger partial charge in [0.25, 0.3) is 5.95 Å². The topological polar surface area (TPSA) is 39.4 Å². The van der Waals surface area contributed by atoms with E-state index in [1.54, 1.807) is 12.1 Å². The van der Waals surface area contributed by atoms with Crippen LogP contribution in [0.4, 0.5) is 0 Å². The van der Waals surface area contributed by atoms with Crippen LogP contribution in [0.1, 0.15) is 70.8 Å². The van der Waals surface area contributed by atoms with Crippen LogP contribution in [0.5, 0.6) is 5.95 Å². The first kappa shape index (κ1) is 19.6. The van der Waals surface area contributed by atoms with Crippen molar-refractivity contribution >= 4 is 17.7 Å². The molecule has 0 aliphatic carbocycles. The highest BCUT2D eigenvalue weighted by Crippen LogP contribution is 2.50. The van der Waals surface area contributed by atoms with Crippen LogP contribution >= 0.6 is 11.8 Å². The molecular weight excluding hydrogens is 356 g/mol. The van der Waals surface area contributed by atoms with Crippen molar-refractivity contribution in [1.82, 2.24) is 0 Å². The number of esters is 1. The highest BCUT2D eigenvalue weighted by Gasteiger charge is 2.37. The molecule has 0 N–H and O–H groups in total. The van der Waals surface area contributed by atoms with E-state index in [-0.39, 0.29) is 22.1 Å². The minimum atomic E-state index is -0.288. The van der Waals surface area contributed by atoms with E-state index in [1.165, 1.54) is 10.5 Å². The number of hydrogen-bond donors (Lipinski definition) is 0. The van der Waals surface area contributed by atoms with Gasteiger partial charge < -0.3 is 9.15 Å². The molecule has 0 bridgehead atoms. The van der Waals surface area contributed by atoms with E-state index >= 15 is 0 Å². The van der Waals surface area contributed by atoms with E-state index < -0.39 is 0 Å². The first-order chi connectivity index (χ1) is 12.7. The van der Waals surface area contributed by atoms with E-state index in [0.717, 1.165) is 18.4 Å². The molecule has 0 saturated heterocycles.